The molecule has 0 saturated carbocycles. The second kappa shape index (κ2) is 8.61. The smallest absolute Gasteiger partial charge is 0.311 e. The van der Waals surface area contributed by atoms with E-state index in [2.05, 4.69) is 10.5 Å². The topological polar surface area (TPSA) is 103 Å². The minimum absolute atomic E-state index is 0.0339. The van der Waals surface area contributed by atoms with E-state index in [1.165, 1.54) is 12.1 Å². The van der Waals surface area contributed by atoms with Crippen molar-refractivity contribution in [2.45, 2.75) is 13.8 Å². The Hall–Kier alpha value is -3.42. The maximum atomic E-state index is 11.9. The van der Waals surface area contributed by atoms with Gasteiger partial charge < -0.3 is 9.47 Å². The van der Waals surface area contributed by atoms with Crippen LogP contribution in [-0.4, -0.2) is 30.3 Å². The van der Waals surface area contributed by atoms with E-state index in [-0.39, 0.29) is 18.0 Å². The van der Waals surface area contributed by atoms with Crippen LogP contribution in [0, 0.1) is 17.0 Å². The van der Waals surface area contributed by atoms with E-state index in [9.17, 15) is 14.9 Å². The van der Waals surface area contributed by atoms with Crippen molar-refractivity contribution in [2.24, 2.45) is 5.10 Å². The largest absolute Gasteiger partial charge is 0.497 e. The monoisotopic (exact) mass is 357 g/mol. The van der Waals surface area contributed by atoms with Crippen molar-refractivity contribution in [2.75, 3.05) is 13.7 Å². The van der Waals surface area contributed by atoms with E-state index in [0.717, 1.165) is 16.9 Å². The summed E-state index contributed by atoms with van der Waals surface area (Å²) in [7, 11) is 1.58. The zero-order valence-corrected chi connectivity index (χ0v) is 14.7. The molecule has 8 nitrogen and oxygen atoms in total. The molecule has 0 fully saturated rings. The lowest BCUT2D eigenvalue weighted by Gasteiger charge is -2.07. The molecule has 1 N–H and O–H groups in total. The molecule has 0 spiro atoms. The predicted octanol–water partition coefficient (Wildman–Crippen LogP) is 2.83. The van der Waals surface area contributed by atoms with E-state index < -0.39 is 10.8 Å². The summed E-state index contributed by atoms with van der Waals surface area (Å²) < 4.78 is 10.3. The number of benzene rings is 2. The second-order valence-electron chi connectivity index (χ2n) is 5.48. The van der Waals surface area contributed by atoms with Gasteiger partial charge in [-0.25, -0.2) is 5.43 Å². The number of hydrazone groups is 1. The summed E-state index contributed by atoms with van der Waals surface area (Å²) in [6, 6.07) is 11.7. The molecule has 0 aliphatic carbocycles. The van der Waals surface area contributed by atoms with Gasteiger partial charge in [-0.1, -0.05) is 6.07 Å². The number of rotatable bonds is 7. The van der Waals surface area contributed by atoms with Crippen LogP contribution in [-0.2, 0) is 4.79 Å². The molecule has 2 aromatic rings. The van der Waals surface area contributed by atoms with Crippen LogP contribution in [0.25, 0.3) is 0 Å². The first-order valence-corrected chi connectivity index (χ1v) is 7.76. The van der Waals surface area contributed by atoms with Crippen LogP contribution in [0.3, 0.4) is 0 Å². The zero-order chi connectivity index (χ0) is 19.1. The molecular weight excluding hydrogens is 338 g/mol. The quantitative estimate of drug-likeness (QED) is 0.466. The van der Waals surface area contributed by atoms with Gasteiger partial charge in [0.2, 0.25) is 0 Å². The van der Waals surface area contributed by atoms with E-state index >= 15 is 0 Å². The normalized spacial score (nSPS) is 11.0. The fraction of sp³-hybridized carbons (Fsp3) is 0.222. The van der Waals surface area contributed by atoms with E-state index in [4.69, 9.17) is 9.47 Å². The highest BCUT2D eigenvalue weighted by Gasteiger charge is 2.16. The van der Waals surface area contributed by atoms with Crippen molar-refractivity contribution in [1.29, 1.82) is 0 Å². The first kappa shape index (κ1) is 18.9. The van der Waals surface area contributed by atoms with E-state index in [1.807, 2.05) is 12.1 Å². The molecule has 0 atom stereocenters. The number of nitrogens with one attached hydrogen (secondary N) is 1. The Balaban J connectivity index is 1.95. The lowest BCUT2D eigenvalue weighted by atomic mass is 10.1. The van der Waals surface area contributed by atoms with Crippen LogP contribution in [0.2, 0.25) is 0 Å². The average Bonchev–Trinajstić information content (AvgIpc) is 2.65. The highest BCUT2D eigenvalue weighted by Crippen LogP contribution is 2.27. The van der Waals surface area contributed by atoms with Crippen molar-refractivity contribution >= 4 is 17.3 Å². The number of hydrogen-bond donors (Lipinski definition) is 1. The first-order valence-electron chi connectivity index (χ1n) is 7.76. The summed E-state index contributed by atoms with van der Waals surface area (Å²) >= 11 is 0. The van der Waals surface area contributed by atoms with Crippen molar-refractivity contribution in [3.63, 3.8) is 0 Å². The predicted molar refractivity (Wildman–Crippen MR) is 96.7 cm³/mol. The maximum absolute atomic E-state index is 11.9. The number of nitro groups is 1. The summed E-state index contributed by atoms with van der Waals surface area (Å²) in [5, 5.41) is 15.0. The fourth-order valence-electron chi connectivity index (χ4n) is 2.11. The number of ether oxygens (including phenoxy) is 2. The molecule has 0 aliphatic heterocycles. The van der Waals surface area contributed by atoms with Gasteiger partial charge >= 0.3 is 5.69 Å². The fourth-order valence-corrected chi connectivity index (χ4v) is 2.11. The molecule has 0 radical (unpaired) electrons. The Morgan fingerprint density at radius 2 is 1.92 bits per heavy atom. The maximum Gasteiger partial charge on any atom is 0.311 e. The SMILES string of the molecule is COc1ccc(/C(C)=N\NC(=O)COc2ccc(C)cc2[N+](=O)[O-])cc1. The van der Waals surface area contributed by atoms with Gasteiger partial charge in [0.05, 0.1) is 17.7 Å². The number of nitrogens with zero attached hydrogens (tertiary/aromatic N) is 2. The molecule has 0 aromatic heterocycles. The highest BCUT2D eigenvalue weighted by molar-refractivity contribution is 5.99. The van der Waals surface area contributed by atoms with Gasteiger partial charge in [0.1, 0.15) is 5.75 Å². The molecule has 1 amide bonds. The average molecular weight is 357 g/mol. The van der Waals surface area contributed by atoms with E-state index in [0.29, 0.717) is 5.71 Å². The Morgan fingerprint density at radius 1 is 1.23 bits per heavy atom. The van der Waals surface area contributed by atoms with Crippen molar-refractivity contribution in [3.05, 3.63) is 63.7 Å². The summed E-state index contributed by atoms with van der Waals surface area (Å²) in [5.41, 5.74) is 4.33. The molecule has 26 heavy (non-hydrogen) atoms. The van der Waals surface area contributed by atoms with Crippen LogP contribution < -0.4 is 14.9 Å². The number of aryl methyl sites for hydroxylation is 1. The lowest BCUT2D eigenvalue weighted by Crippen LogP contribution is -2.25. The van der Waals surface area contributed by atoms with Crippen molar-refractivity contribution in [1.82, 2.24) is 5.43 Å². The standard InChI is InChI=1S/C18H19N3O5/c1-12-4-9-17(16(10-12)21(23)24)26-11-18(22)20-19-13(2)14-5-7-15(25-3)8-6-14/h4-10H,11H2,1-3H3,(H,20,22)/b19-13-. The Kier molecular flexibility index (Phi) is 6.26. The summed E-state index contributed by atoms with van der Waals surface area (Å²) in [6.45, 7) is 3.09. The number of carbonyl (C=O) groups is 1. The van der Waals surface area contributed by atoms with Crippen LogP contribution in [0.1, 0.15) is 18.1 Å². The molecular formula is C18H19N3O5. The molecule has 8 heteroatoms. The molecule has 0 unspecified atom stereocenters. The minimum atomic E-state index is -0.549. The van der Waals surface area contributed by atoms with Gasteiger partial charge in [0.15, 0.2) is 12.4 Å². The highest BCUT2D eigenvalue weighted by atomic mass is 16.6. The van der Waals surface area contributed by atoms with Gasteiger partial charge in [-0.2, -0.15) is 5.10 Å². The first-order chi connectivity index (χ1) is 12.4. The third kappa shape index (κ3) is 5.04. The third-order valence-corrected chi connectivity index (χ3v) is 3.53. The number of carbonyl (C=O) groups excluding carboxylic acids is 1. The Bertz CT molecular complexity index is 831. The third-order valence-electron chi connectivity index (χ3n) is 3.53. The van der Waals surface area contributed by atoms with Gasteiger partial charge in [-0.15, -0.1) is 0 Å². The zero-order valence-electron chi connectivity index (χ0n) is 14.7. The van der Waals surface area contributed by atoms with Crippen LogP contribution in [0.4, 0.5) is 5.69 Å². The number of nitro benzene ring substituents is 1. The van der Waals surface area contributed by atoms with Gasteiger partial charge in [0, 0.05) is 6.07 Å². The molecule has 0 aliphatic rings. The minimum Gasteiger partial charge on any atom is -0.497 e. The van der Waals surface area contributed by atoms with Crippen LogP contribution in [0.5, 0.6) is 11.5 Å². The van der Waals surface area contributed by atoms with Crippen LogP contribution in [0.15, 0.2) is 47.6 Å². The van der Waals surface area contributed by atoms with Crippen molar-refractivity contribution in [3.8, 4) is 11.5 Å². The Morgan fingerprint density at radius 3 is 2.54 bits per heavy atom. The number of amides is 1. The van der Waals surface area contributed by atoms with E-state index in [1.54, 1.807) is 39.2 Å². The molecule has 136 valence electrons. The summed E-state index contributed by atoms with van der Waals surface area (Å²) in [5.74, 6) is 0.234. The molecule has 2 aromatic carbocycles. The number of hydrogen-bond acceptors (Lipinski definition) is 6. The molecule has 0 heterocycles. The number of methoxy groups -OCH3 is 1. The molecule has 0 saturated heterocycles. The summed E-state index contributed by atoms with van der Waals surface area (Å²) in [4.78, 5) is 22.3. The second-order valence-corrected chi connectivity index (χ2v) is 5.48. The van der Waals surface area contributed by atoms with Crippen molar-refractivity contribution < 1.29 is 19.2 Å². The lowest BCUT2D eigenvalue weighted by molar-refractivity contribution is -0.385. The van der Waals surface area contributed by atoms with Gasteiger partial charge in [-0.3, -0.25) is 14.9 Å². The van der Waals surface area contributed by atoms with Gasteiger partial charge in [0.25, 0.3) is 5.91 Å². The van der Waals surface area contributed by atoms with Crippen LogP contribution >= 0.6 is 0 Å². The molecule has 2 rings (SSSR count). The summed E-state index contributed by atoms with van der Waals surface area (Å²) in [6.07, 6.45) is 0. The van der Waals surface area contributed by atoms with Gasteiger partial charge in [-0.05, 0) is 55.3 Å². The molecule has 0 bridgehead atoms. The Labute approximate surface area is 150 Å².